The number of hydrogen-bond donors (Lipinski definition) is 2. The van der Waals surface area contributed by atoms with Crippen molar-refractivity contribution in [2.24, 2.45) is 0 Å². The Bertz CT molecular complexity index is 508. The standard InChI is InChI=1S/C11H12N2O2.ClH/c1-7-4-5-12-11-10(7)8(6-13-11)2-3-9(14)15;/h4-6H,2-3H2,1H3,(H,12,13)(H,14,15);1H. The van der Waals surface area contributed by atoms with Gasteiger partial charge in [0.15, 0.2) is 0 Å². The molecule has 0 aliphatic rings. The topological polar surface area (TPSA) is 66.0 Å². The number of hydrogen-bond acceptors (Lipinski definition) is 2. The first-order chi connectivity index (χ1) is 7.18. The molecule has 2 rings (SSSR count). The second-order valence-electron chi connectivity index (χ2n) is 3.56. The molecule has 0 unspecified atom stereocenters. The van der Waals surface area contributed by atoms with Crippen molar-refractivity contribution >= 4 is 29.4 Å². The van der Waals surface area contributed by atoms with E-state index in [0.29, 0.717) is 6.42 Å². The number of fused-ring (bicyclic) bond motifs is 1. The monoisotopic (exact) mass is 240 g/mol. The van der Waals surface area contributed by atoms with Crippen LogP contribution in [0, 0.1) is 6.92 Å². The summed E-state index contributed by atoms with van der Waals surface area (Å²) in [5.41, 5.74) is 2.98. The van der Waals surface area contributed by atoms with Gasteiger partial charge in [-0.3, -0.25) is 4.79 Å². The van der Waals surface area contributed by atoms with E-state index in [-0.39, 0.29) is 18.8 Å². The maximum absolute atomic E-state index is 10.5. The fraction of sp³-hybridized carbons (Fsp3) is 0.273. The van der Waals surface area contributed by atoms with Gasteiger partial charge in [-0.25, -0.2) is 4.98 Å². The number of nitrogens with one attached hydrogen (secondary N) is 1. The molecular weight excluding hydrogens is 228 g/mol. The van der Waals surface area contributed by atoms with E-state index < -0.39 is 5.97 Å². The van der Waals surface area contributed by atoms with E-state index in [0.717, 1.165) is 22.2 Å². The average Bonchev–Trinajstić information content (AvgIpc) is 2.59. The largest absolute Gasteiger partial charge is 0.481 e. The molecule has 0 aromatic carbocycles. The van der Waals surface area contributed by atoms with E-state index in [4.69, 9.17) is 5.11 Å². The predicted octanol–water partition coefficient (Wildman–Crippen LogP) is 2.31. The van der Waals surface area contributed by atoms with Crippen LogP contribution in [0.15, 0.2) is 18.5 Å². The van der Waals surface area contributed by atoms with Gasteiger partial charge < -0.3 is 10.1 Å². The lowest BCUT2D eigenvalue weighted by molar-refractivity contribution is -0.136. The molecule has 2 aromatic heterocycles. The fourth-order valence-electron chi connectivity index (χ4n) is 1.74. The van der Waals surface area contributed by atoms with Gasteiger partial charge in [0.1, 0.15) is 5.65 Å². The smallest absolute Gasteiger partial charge is 0.303 e. The van der Waals surface area contributed by atoms with Gasteiger partial charge in [-0.1, -0.05) is 0 Å². The number of carboxylic acids is 1. The molecule has 5 heteroatoms. The molecule has 16 heavy (non-hydrogen) atoms. The predicted molar refractivity (Wildman–Crippen MR) is 64.0 cm³/mol. The van der Waals surface area contributed by atoms with Gasteiger partial charge in [-0.2, -0.15) is 0 Å². The Morgan fingerprint density at radius 1 is 1.56 bits per heavy atom. The molecule has 86 valence electrons. The first-order valence-electron chi connectivity index (χ1n) is 4.82. The Morgan fingerprint density at radius 3 is 3.00 bits per heavy atom. The molecule has 0 spiro atoms. The molecular formula is C11H13ClN2O2. The van der Waals surface area contributed by atoms with Gasteiger partial charge >= 0.3 is 5.97 Å². The quantitative estimate of drug-likeness (QED) is 0.865. The number of H-pyrrole nitrogens is 1. The Hall–Kier alpha value is -1.55. The number of halogens is 1. The lowest BCUT2D eigenvalue weighted by Gasteiger charge is -1.99. The van der Waals surface area contributed by atoms with E-state index in [9.17, 15) is 4.79 Å². The highest BCUT2D eigenvalue weighted by Crippen LogP contribution is 2.21. The lowest BCUT2D eigenvalue weighted by atomic mass is 10.1. The highest BCUT2D eigenvalue weighted by atomic mass is 35.5. The van der Waals surface area contributed by atoms with Crippen molar-refractivity contribution in [3.63, 3.8) is 0 Å². The number of aliphatic carboxylic acids is 1. The molecule has 0 saturated carbocycles. The third kappa shape index (κ3) is 2.33. The van der Waals surface area contributed by atoms with Crippen LogP contribution >= 0.6 is 12.4 Å². The minimum Gasteiger partial charge on any atom is -0.481 e. The number of carboxylic acid groups (broad SMARTS) is 1. The van der Waals surface area contributed by atoms with Crippen molar-refractivity contribution in [2.45, 2.75) is 19.8 Å². The molecule has 0 atom stereocenters. The summed E-state index contributed by atoms with van der Waals surface area (Å²) < 4.78 is 0. The second kappa shape index (κ2) is 4.99. The third-order valence-corrected chi connectivity index (χ3v) is 2.47. The minimum absolute atomic E-state index is 0. The molecule has 0 aliphatic heterocycles. The summed E-state index contributed by atoms with van der Waals surface area (Å²) in [7, 11) is 0. The summed E-state index contributed by atoms with van der Waals surface area (Å²) in [6, 6.07) is 1.93. The van der Waals surface area contributed by atoms with Crippen LogP contribution in [0.2, 0.25) is 0 Å². The molecule has 2 N–H and O–H groups in total. The van der Waals surface area contributed by atoms with Crippen LogP contribution in [0.4, 0.5) is 0 Å². The van der Waals surface area contributed by atoms with Gasteiger partial charge in [0.2, 0.25) is 0 Å². The first-order valence-corrected chi connectivity index (χ1v) is 4.82. The van der Waals surface area contributed by atoms with Crippen LogP contribution in [0.3, 0.4) is 0 Å². The number of pyridine rings is 1. The average molecular weight is 241 g/mol. The van der Waals surface area contributed by atoms with Crippen molar-refractivity contribution in [1.82, 2.24) is 9.97 Å². The van der Waals surface area contributed by atoms with E-state index >= 15 is 0 Å². The molecule has 0 amide bonds. The number of carbonyl (C=O) groups is 1. The number of nitrogens with zero attached hydrogens (tertiary/aromatic N) is 1. The van der Waals surface area contributed by atoms with E-state index in [2.05, 4.69) is 9.97 Å². The zero-order valence-electron chi connectivity index (χ0n) is 8.86. The van der Waals surface area contributed by atoms with Crippen LogP contribution in [-0.4, -0.2) is 21.0 Å². The lowest BCUT2D eigenvalue weighted by Crippen LogP contribution is -1.97. The number of rotatable bonds is 3. The van der Waals surface area contributed by atoms with E-state index in [1.165, 1.54) is 0 Å². The van der Waals surface area contributed by atoms with Crippen molar-refractivity contribution in [3.05, 3.63) is 29.6 Å². The van der Waals surface area contributed by atoms with Gasteiger partial charge in [-0.15, -0.1) is 12.4 Å². The zero-order chi connectivity index (χ0) is 10.8. The molecule has 0 aliphatic carbocycles. The normalized spacial score (nSPS) is 10.1. The van der Waals surface area contributed by atoms with Crippen LogP contribution in [-0.2, 0) is 11.2 Å². The van der Waals surface area contributed by atoms with Crippen LogP contribution < -0.4 is 0 Å². The van der Waals surface area contributed by atoms with Crippen molar-refractivity contribution in [1.29, 1.82) is 0 Å². The summed E-state index contributed by atoms with van der Waals surface area (Å²) >= 11 is 0. The summed E-state index contributed by atoms with van der Waals surface area (Å²) in [4.78, 5) is 17.7. The summed E-state index contributed by atoms with van der Waals surface area (Å²) in [6.07, 6.45) is 4.28. The molecule has 0 fully saturated rings. The van der Waals surface area contributed by atoms with Crippen LogP contribution in [0.5, 0.6) is 0 Å². The van der Waals surface area contributed by atoms with Crippen molar-refractivity contribution < 1.29 is 9.90 Å². The second-order valence-corrected chi connectivity index (χ2v) is 3.56. The SMILES string of the molecule is Cc1ccnc2[nH]cc(CCC(=O)O)c12.Cl. The van der Waals surface area contributed by atoms with Crippen LogP contribution in [0.25, 0.3) is 11.0 Å². The van der Waals surface area contributed by atoms with Gasteiger partial charge in [0, 0.05) is 24.2 Å². The van der Waals surface area contributed by atoms with Crippen molar-refractivity contribution in [2.75, 3.05) is 0 Å². The third-order valence-electron chi connectivity index (χ3n) is 2.47. The van der Waals surface area contributed by atoms with Crippen molar-refractivity contribution in [3.8, 4) is 0 Å². The van der Waals surface area contributed by atoms with Gasteiger partial charge in [0.25, 0.3) is 0 Å². The summed E-state index contributed by atoms with van der Waals surface area (Å²) in [6.45, 7) is 2.00. The minimum atomic E-state index is -0.772. The molecule has 2 aromatic rings. The maximum atomic E-state index is 10.5. The van der Waals surface area contributed by atoms with E-state index in [1.807, 2.05) is 19.2 Å². The Morgan fingerprint density at radius 2 is 2.31 bits per heavy atom. The highest BCUT2D eigenvalue weighted by Gasteiger charge is 2.08. The summed E-state index contributed by atoms with van der Waals surface area (Å²) in [5.74, 6) is -0.772. The van der Waals surface area contributed by atoms with Gasteiger partial charge in [-0.05, 0) is 30.5 Å². The number of aromatic amines is 1. The first kappa shape index (κ1) is 12.5. The summed E-state index contributed by atoms with van der Waals surface area (Å²) in [5, 5.41) is 9.68. The number of aryl methyl sites for hydroxylation is 2. The Labute approximate surface area is 99.1 Å². The number of aromatic nitrogens is 2. The van der Waals surface area contributed by atoms with Crippen LogP contribution in [0.1, 0.15) is 17.5 Å². The molecule has 4 nitrogen and oxygen atoms in total. The Kier molecular flexibility index (Phi) is 3.90. The fourth-order valence-corrected chi connectivity index (χ4v) is 1.74. The molecule has 0 bridgehead atoms. The molecule has 0 saturated heterocycles. The highest BCUT2D eigenvalue weighted by molar-refractivity contribution is 5.85. The zero-order valence-corrected chi connectivity index (χ0v) is 9.67. The molecule has 0 radical (unpaired) electrons. The van der Waals surface area contributed by atoms with E-state index in [1.54, 1.807) is 6.20 Å². The molecule has 2 heterocycles. The Balaban J connectivity index is 0.00000128. The van der Waals surface area contributed by atoms with Gasteiger partial charge in [0.05, 0.1) is 0 Å². The maximum Gasteiger partial charge on any atom is 0.303 e.